The summed E-state index contributed by atoms with van der Waals surface area (Å²) in [6.45, 7) is 0. The van der Waals surface area contributed by atoms with Crippen LogP contribution in [0, 0.1) is 5.92 Å². The lowest BCUT2D eigenvalue weighted by molar-refractivity contribution is -0.142. The van der Waals surface area contributed by atoms with Crippen molar-refractivity contribution < 1.29 is 9.90 Å². The van der Waals surface area contributed by atoms with E-state index in [-0.39, 0.29) is 5.92 Å². The van der Waals surface area contributed by atoms with Gasteiger partial charge >= 0.3 is 5.97 Å². The molecule has 0 aliphatic heterocycles. The molecule has 5 heteroatoms. The summed E-state index contributed by atoms with van der Waals surface area (Å²) in [6, 6.07) is 9.65. The van der Waals surface area contributed by atoms with Gasteiger partial charge in [0, 0.05) is 11.5 Å². The van der Waals surface area contributed by atoms with Crippen molar-refractivity contribution in [2.45, 2.75) is 18.8 Å². The molecular formula is C15H15N3O2. The maximum Gasteiger partial charge on any atom is 0.307 e. The third-order valence-corrected chi connectivity index (χ3v) is 3.64. The molecule has 3 rings (SSSR count). The Hall–Kier alpha value is -2.43. The highest BCUT2D eigenvalue weighted by atomic mass is 16.4. The molecule has 2 N–H and O–H groups in total. The van der Waals surface area contributed by atoms with E-state index in [1.165, 1.54) is 0 Å². The number of allylic oxidation sites excluding steroid dienone is 2. The first-order chi connectivity index (χ1) is 9.75. The normalized spacial score (nSPS) is 21.8. The summed E-state index contributed by atoms with van der Waals surface area (Å²) in [5.74, 6) is -0.0871. The molecule has 0 saturated heterocycles. The number of hydrogen-bond donors (Lipinski definition) is 2. The van der Waals surface area contributed by atoms with Gasteiger partial charge in [0.15, 0.2) is 5.82 Å². The second-order valence-corrected chi connectivity index (χ2v) is 4.90. The Labute approximate surface area is 116 Å². The Morgan fingerprint density at radius 2 is 1.95 bits per heavy atom. The van der Waals surface area contributed by atoms with Crippen LogP contribution in [0.15, 0.2) is 42.5 Å². The first-order valence-corrected chi connectivity index (χ1v) is 6.61. The van der Waals surface area contributed by atoms with Crippen molar-refractivity contribution in [3.05, 3.63) is 48.3 Å². The highest BCUT2D eigenvalue weighted by molar-refractivity contribution is 5.71. The van der Waals surface area contributed by atoms with Crippen molar-refractivity contribution in [1.29, 1.82) is 0 Å². The maximum atomic E-state index is 11.3. The number of benzene rings is 1. The number of aliphatic carboxylic acids is 1. The Kier molecular flexibility index (Phi) is 3.33. The summed E-state index contributed by atoms with van der Waals surface area (Å²) in [6.07, 6.45) is 5.15. The molecule has 0 radical (unpaired) electrons. The van der Waals surface area contributed by atoms with Crippen molar-refractivity contribution in [3.63, 3.8) is 0 Å². The molecule has 0 bridgehead atoms. The molecule has 1 aromatic heterocycles. The Morgan fingerprint density at radius 1 is 1.20 bits per heavy atom. The van der Waals surface area contributed by atoms with Crippen LogP contribution in [0.4, 0.5) is 0 Å². The number of hydrogen-bond acceptors (Lipinski definition) is 3. The van der Waals surface area contributed by atoms with Gasteiger partial charge in [-0.05, 0) is 12.8 Å². The van der Waals surface area contributed by atoms with E-state index >= 15 is 0 Å². The smallest absolute Gasteiger partial charge is 0.307 e. The molecule has 1 aliphatic rings. The molecule has 0 amide bonds. The Balaban J connectivity index is 1.90. The number of nitrogens with one attached hydrogen (secondary N) is 1. The van der Waals surface area contributed by atoms with Crippen LogP contribution in [0.2, 0.25) is 0 Å². The molecule has 0 spiro atoms. The van der Waals surface area contributed by atoms with E-state index in [0.717, 1.165) is 5.56 Å². The van der Waals surface area contributed by atoms with Gasteiger partial charge in [-0.25, -0.2) is 4.98 Å². The topological polar surface area (TPSA) is 78.9 Å². The molecule has 5 nitrogen and oxygen atoms in total. The van der Waals surface area contributed by atoms with Crippen molar-refractivity contribution in [1.82, 2.24) is 15.2 Å². The molecular weight excluding hydrogens is 254 g/mol. The number of carboxylic acids is 1. The number of aromatic amines is 1. The number of nitrogens with zero attached hydrogens (tertiary/aromatic N) is 2. The van der Waals surface area contributed by atoms with Gasteiger partial charge in [-0.1, -0.05) is 42.5 Å². The number of carboxylic acid groups (broad SMARTS) is 1. The summed E-state index contributed by atoms with van der Waals surface area (Å²) in [7, 11) is 0. The van der Waals surface area contributed by atoms with E-state index in [9.17, 15) is 9.90 Å². The number of aromatic nitrogens is 3. The van der Waals surface area contributed by atoms with E-state index in [4.69, 9.17) is 0 Å². The maximum absolute atomic E-state index is 11.3. The summed E-state index contributed by atoms with van der Waals surface area (Å²) >= 11 is 0. The molecule has 102 valence electrons. The van der Waals surface area contributed by atoms with E-state index < -0.39 is 11.9 Å². The van der Waals surface area contributed by atoms with Crippen LogP contribution in [0.1, 0.15) is 24.6 Å². The van der Waals surface area contributed by atoms with Crippen LogP contribution >= 0.6 is 0 Å². The molecule has 20 heavy (non-hydrogen) atoms. The predicted molar refractivity (Wildman–Crippen MR) is 74.1 cm³/mol. The van der Waals surface area contributed by atoms with E-state index in [0.29, 0.717) is 24.5 Å². The lowest BCUT2D eigenvalue weighted by Crippen LogP contribution is -2.24. The quantitative estimate of drug-likeness (QED) is 0.839. The predicted octanol–water partition coefficient (Wildman–Crippen LogP) is 2.61. The average Bonchev–Trinajstić information content (AvgIpc) is 2.98. The largest absolute Gasteiger partial charge is 0.481 e. The number of H-pyrrole nitrogens is 1. The summed E-state index contributed by atoms with van der Waals surface area (Å²) in [4.78, 5) is 15.8. The minimum atomic E-state index is -0.781. The Bertz CT molecular complexity index is 634. The monoisotopic (exact) mass is 269 g/mol. The first-order valence-electron chi connectivity index (χ1n) is 6.61. The fourth-order valence-electron chi connectivity index (χ4n) is 2.55. The van der Waals surface area contributed by atoms with Gasteiger partial charge in [0.1, 0.15) is 5.82 Å². The van der Waals surface area contributed by atoms with E-state index in [2.05, 4.69) is 15.2 Å². The van der Waals surface area contributed by atoms with Crippen LogP contribution in [0.3, 0.4) is 0 Å². The van der Waals surface area contributed by atoms with Gasteiger partial charge in [0.25, 0.3) is 0 Å². The van der Waals surface area contributed by atoms with Gasteiger partial charge in [0.2, 0.25) is 0 Å². The van der Waals surface area contributed by atoms with Gasteiger partial charge in [-0.2, -0.15) is 5.10 Å². The summed E-state index contributed by atoms with van der Waals surface area (Å²) in [5, 5.41) is 16.4. The number of carbonyl (C=O) groups is 1. The average molecular weight is 269 g/mol. The molecule has 0 fully saturated rings. The zero-order valence-electron chi connectivity index (χ0n) is 10.9. The van der Waals surface area contributed by atoms with Crippen LogP contribution in [0.25, 0.3) is 11.4 Å². The minimum absolute atomic E-state index is 0.137. The SMILES string of the molecule is O=C(O)C1CC=CCC1c1nc(-c2ccccc2)n[nH]1. The zero-order chi connectivity index (χ0) is 13.9. The molecule has 0 saturated carbocycles. The van der Waals surface area contributed by atoms with Crippen molar-refractivity contribution >= 4 is 5.97 Å². The molecule has 2 aromatic rings. The van der Waals surface area contributed by atoms with E-state index in [1.54, 1.807) is 0 Å². The minimum Gasteiger partial charge on any atom is -0.481 e. The van der Waals surface area contributed by atoms with Gasteiger partial charge in [-0.15, -0.1) is 0 Å². The third kappa shape index (κ3) is 2.34. The summed E-state index contributed by atoms with van der Waals surface area (Å²) < 4.78 is 0. The molecule has 2 unspecified atom stereocenters. The van der Waals surface area contributed by atoms with Gasteiger partial charge in [-0.3, -0.25) is 9.89 Å². The molecule has 2 atom stereocenters. The fourth-order valence-corrected chi connectivity index (χ4v) is 2.55. The highest BCUT2D eigenvalue weighted by Gasteiger charge is 2.32. The highest BCUT2D eigenvalue weighted by Crippen LogP contribution is 2.33. The van der Waals surface area contributed by atoms with E-state index in [1.807, 2.05) is 42.5 Å². The first kappa shape index (κ1) is 12.6. The molecule has 1 aliphatic carbocycles. The van der Waals surface area contributed by atoms with Crippen LogP contribution in [-0.2, 0) is 4.79 Å². The van der Waals surface area contributed by atoms with Crippen molar-refractivity contribution in [2.24, 2.45) is 5.92 Å². The van der Waals surface area contributed by atoms with Crippen molar-refractivity contribution in [2.75, 3.05) is 0 Å². The van der Waals surface area contributed by atoms with Crippen LogP contribution < -0.4 is 0 Å². The standard InChI is InChI=1S/C15H15N3O2/c19-15(20)12-9-5-4-8-11(12)14-16-13(17-18-14)10-6-2-1-3-7-10/h1-7,11-12H,8-9H2,(H,19,20)(H,16,17,18). The van der Waals surface area contributed by atoms with Crippen LogP contribution in [-0.4, -0.2) is 26.3 Å². The van der Waals surface area contributed by atoms with Gasteiger partial charge < -0.3 is 5.11 Å². The molecule has 1 aromatic carbocycles. The van der Waals surface area contributed by atoms with Crippen molar-refractivity contribution in [3.8, 4) is 11.4 Å². The second-order valence-electron chi connectivity index (χ2n) is 4.90. The van der Waals surface area contributed by atoms with Gasteiger partial charge in [0.05, 0.1) is 5.92 Å². The lowest BCUT2D eigenvalue weighted by Gasteiger charge is -2.22. The van der Waals surface area contributed by atoms with Crippen LogP contribution in [0.5, 0.6) is 0 Å². The lowest BCUT2D eigenvalue weighted by atomic mass is 9.82. The Morgan fingerprint density at radius 3 is 2.70 bits per heavy atom. The second kappa shape index (κ2) is 5.28. The molecule has 1 heterocycles. The third-order valence-electron chi connectivity index (χ3n) is 3.64. The summed E-state index contributed by atoms with van der Waals surface area (Å²) in [5.41, 5.74) is 0.924. The zero-order valence-corrected chi connectivity index (χ0v) is 10.9. The number of rotatable bonds is 3. The fraction of sp³-hybridized carbons (Fsp3) is 0.267.